The molecule has 0 aliphatic carbocycles. The number of halogens is 2. The number of hydrazine groups is 1. The molecule has 0 spiro atoms. The number of nitrogens with two attached hydrogens (primary N) is 1. The Morgan fingerprint density at radius 1 is 1.30 bits per heavy atom. The average Bonchev–Trinajstić information content (AvgIpc) is 2.37. The number of benzene rings is 1. The predicted octanol–water partition coefficient (Wildman–Crippen LogP) is 2.60. The van der Waals surface area contributed by atoms with E-state index in [1.54, 1.807) is 6.07 Å². The zero-order chi connectivity index (χ0) is 14.5. The molecule has 0 aliphatic rings. The first kappa shape index (κ1) is 14.6. The second-order valence-electron chi connectivity index (χ2n) is 3.79. The van der Waals surface area contributed by atoms with Crippen LogP contribution in [0, 0.1) is 5.82 Å². The van der Waals surface area contributed by atoms with Crippen molar-refractivity contribution in [2.75, 3.05) is 12.5 Å². The number of ether oxygens (including phenoxy) is 2. The fourth-order valence-electron chi connectivity index (χ4n) is 1.50. The summed E-state index contributed by atoms with van der Waals surface area (Å²) < 4.78 is 24.3. The molecule has 0 unspecified atom stereocenters. The van der Waals surface area contributed by atoms with E-state index >= 15 is 0 Å². The molecule has 1 aromatic heterocycles. The summed E-state index contributed by atoms with van der Waals surface area (Å²) in [6.07, 6.45) is 0. The van der Waals surface area contributed by atoms with E-state index in [9.17, 15) is 4.39 Å². The molecule has 0 bridgehead atoms. The van der Waals surface area contributed by atoms with Crippen LogP contribution in [0.5, 0.6) is 11.6 Å². The molecule has 2 rings (SSSR count). The van der Waals surface area contributed by atoms with Gasteiger partial charge < -0.3 is 14.9 Å². The summed E-state index contributed by atoms with van der Waals surface area (Å²) in [5.74, 6) is 6.21. The maximum absolute atomic E-state index is 13.3. The van der Waals surface area contributed by atoms with E-state index < -0.39 is 5.82 Å². The average molecular weight is 343 g/mol. The molecular weight excluding hydrogens is 331 g/mol. The molecule has 0 atom stereocenters. The predicted molar refractivity (Wildman–Crippen MR) is 74.7 cm³/mol. The smallest absolute Gasteiger partial charge is 0.224 e. The normalized spacial score (nSPS) is 10.4. The molecule has 6 nitrogen and oxygen atoms in total. The summed E-state index contributed by atoms with van der Waals surface area (Å²) in [6.45, 7) is 0.207. The van der Waals surface area contributed by atoms with Gasteiger partial charge in [0.15, 0.2) is 5.82 Å². The number of hydrogen-bond acceptors (Lipinski definition) is 6. The van der Waals surface area contributed by atoms with Crippen LogP contribution < -0.4 is 16.0 Å². The molecule has 0 radical (unpaired) electrons. The van der Waals surface area contributed by atoms with Crippen molar-refractivity contribution >= 4 is 21.7 Å². The Bertz CT molecular complexity index is 592. The number of aromatic nitrogens is 2. The lowest BCUT2D eigenvalue weighted by Crippen LogP contribution is -2.11. The van der Waals surface area contributed by atoms with Crippen molar-refractivity contribution < 1.29 is 13.9 Å². The van der Waals surface area contributed by atoms with Crippen LogP contribution in [-0.2, 0) is 11.3 Å². The molecular formula is C12H12BrFN4O2. The third-order valence-corrected chi connectivity index (χ3v) is 2.69. The van der Waals surface area contributed by atoms with Gasteiger partial charge in [-0.2, -0.15) is 4.98 Å². The molecule has 0 aliphatic heterocycles. The number of nitrogens with zero attached hydrogens (tertiary/aromatic N) is 2. The third kappa shape index (κ3) is 3.86. The number of rotatable bonds is 5. The van der Waals surface area contributed by atoms with Gasteiger partial charge in [-0.15, -0.1) is 0 Å². The van der Waals surface area contributed by atoms with Gasteiger partial charge in [0, 0.05) is 23.7 Å². The van der Waals surface area contributed by atoms with Crippen molar-refractivity contribution in [3.63, 3.8) is 0 Å². The monoisotopic (exact) mass is 342 g/mol. The number of anilines is 1. The zero-order valence-corrected chi connectivity index (χ0v) is 12.1. The van der Waals surface area contributed by atoms with Crippen molar-refractivity contribution in [3.05, 3.63) is 40.4 Å². The molecule has 0 fully saturated rings. The van der Waals surface area contributed by atoms with Crippen LogP contribution >= 0.6 is 15.9 Å². The molecule has 0 amide bonds. The molecule has 0 saturated carbocycles. The second-order valence-corrected chi connectivity index (χ2v) is 4.71. The van der Waals surface area contributed by atoms with Crippen molar-refractivity contribution in [2.24, 2.45) is 5.84 Å². The first-order valence-corrected chi connectivity index (χ1v) is 6.37. The molecule has 20 heavy (non-hydrogen) atoms. The maximum atomic E-state index is 13.3. The van der Waals surface area contributed by atoms with Crippen molar-refractivity contribution in [2.45, 2.75) is 6.61 Å². The summed E-state index contributed by atoms with van der Waals surface area (Å²) in [4.78, 5) is 8.22. The zero-order valence-electron chi connectivity index (χ0n) is 10.6. The highest BCUT2D eigenvalue weighted by molar-refractivity contribution is 9.10. The second kappa shape index (κ2) is 6.60. The maximum Gasteiger partial charge on any atom is 0.224 e. The van der Waals surface area contributed by atoms with E-state index in [4.69, 9.17) is 15.3 Å². The van der Waals surface area contributed by atoms with Gasteiger partial charge in [-0.3, -0.25) is 0 Å². The molecule has 1 heterocycles. The van der Waals surface area contributed by atoms with Gasteiger partial charge in [0.25, 0.3) is 0 Å². The van der Waals surface area contributed by atoms with Crippen molar-refractivity contribution in [1.29, 1.82) is 0 Å². The number of methoxy groups -OCH3 is 1. The number of nitrogens with one attached hydrogen (secondary N) is 1. The Labute approximate surface area is 123 Å². The summed E-state index contributed by atoms with van der Waals surface area (Å²) in [5.41, 5.74) is 2.40. The SMILES string of the molecule is COCc1nc(NN)cc(Oc2cc(F)cc(Br)c2)n1. The van der Waals surface area contributed by atoms with E-state index in [1.807, 2.05) is 0 Å². The van der Waals surface area contributed by atoms with Gasteiger partial charge in [0.05, 0.1) is 0 Å². The van der Waals surface area contributed by atoms with Crippen molar-refractivity contribution in [3.8, 4) is 11.6 Å². The van der Waals surface area contributed by atoms with Gasteiger partial charge in [-0.05, 0) is 12.1 Å². The minimum absolute atomic E-state index is 0.207. The van der Waals surface area contributed by atoms with Crippen LogP contribution in [-0.4, -0.2) is 17.1 Å². The molecule has 106 valence electrons. The van der Waals surface area contributed by atoms with Gasteiger partial charge in [0.2, 0.25) is 5.88 Å². The van der Waals surface area contributed by atoms with E-state index in [0.717, 1.165) is 0 Å². The van der Waals surface area contributed by atoms with Crippen LogP contribution in [0.3, 0.4) is 0 Å². The van der Waals surface area contributed by atoms with Crippen LogP contribution in [0.25, 0.3) is 0 Å². The summed E-state index contributed by atoms with van der Waals surface area (Å²) >= 11 is 3.19. The standard InChI is InChI=1S/C12H12BrFN4O2/c1-19-6-11-16-10(18-15)5-12(17-11)20-9-3-7(13)2-8(14)4-9/h2-5H,6,15H2,1H3,(H,16,17,18). The summed E-state index contributed by atoms with van der Waals surface area (Å²) in [5, 5.41) is 0. The molecule has 0 saturated heterocycles. The lowest BCUT2D eigenvalue weighted by molar-refractivity contribution is 0.177. The summed E-state index contributed by atoms with van der Waals surface area (Å²) in [6, 6.07) is 5.70. The topological polar surface area (TPSA) is 82.3 Å². The lowest BCUT2D eigenvalue weighted by Gasteiger charge is -2.09. The molecule has 1 aromatic carbocycles. The van der Waals surface area contributed by atoms with E-state index in [-0.39, 0.29) is 12.5 Å². The number of hydrogen-bond donors (Lipinski definition) is 2. The molecule has 8 heteroatoms. The Morgan fingerprint density at radius 2 is 2.10 bits per heavy atom. The highest BCUT2D eigenvalue weighted by Crippen LogP contribution is 2.26. The Kier molecular flexibility index (Phi) is 4.83. The highest BCUT2D eigenvalue weighted by atomic mass is 79.9. The van der Waals surface area contributed by atoms with E-state index in [1.165, 1.54) is 25.3 Å². The van der Waals surface area contributed by atoms with Crippen LogP contribution in [0.4, 0.5) is 10.2 Å². The Hall–Kier alpha value is -1.77. The summed E-state index contributed by atoms with van der Waals surface area (Å²) in [7, 11) is 1.52. The van der Waals surface area contributed by atoms with E-state index in [2.05, 4.69) is 31.3 Å². The quantitative estimate of drug-likeness (QED) is 0.642. The largest absolute Gasteiger partial charge is 0.439 e. The van der Waals surface area contributed by atoms with E-state index in [0.29, 0.717) is 21.9 Å². The molecule has 2 aromatic rings. The fourth-order valence-corrected chi connectivity index (χ4v) is 1.95. The fraction of sp³-hybridized carbons (Fsp3) is 0.167. The van der Waals surface area contributed by atoms with Gasteiger partial charge in [0.1, 0.15) is 24.0 Å². The van der Waals surface area contributed by atoms with Crippen LogP contribution in [0.1, 0.15) is 5.82 Å². The van der Waals surface area contributed by atoms with Crippen LogP contribution in [0.15, 0.2) is 28.7 Å². The molecule has 3 N–H and O–H groups in total. The first-order chi connectivity index (χ1) is 9.60. The van der Waals surface area contributed by atoms with Gasteiger partial charge in [-0.25, -0.2) is 15.2 Å². The van der Waals surface area contributed by atoms with Crippen molar-refractivity contribution in [1.82, 2.24) is 9.97 Å². The van der Waals surface area contributed by atoms with Crippen LogP contribution in [0.2, 0.25) is 0 Å². The Balaban J connectivity index is 2.29. The first-order valence-electron chi connectivity index (χ1n) is 5.58. The highest BCUT2D eigenvalue weighted by Gasteiger charge is 2.07. The minimum Gasteiger partial charge on any atom is -0.439 e. The number of nitrogen functional groups attached to an aromatic ring is 1. The van der Waals surface area contributed by atoms with Gasteiger partial charge in [-0.1, -0.05) is 15.9 Å². The minimum atomic E-state index is -0.419. The lowest BCUT2D eigenvalue weighted by atomic mass is 10.3. The Morgan fingerprint density at radius 3 is 2.75 bits per heavy atom. The van der Waals surface area contributed by atoms with Gasteiger partial charge >= 0.3 is 0 Å². The third-order valence-electron chi connectivity index (χ3n) is 2.23.